The van der Waals surface area contributed by atoms with E-state index in [9.17, 15) is 18.0 Å². The molecule has 2 aliphatic rings. The molecule has 2 aromatic rings. The van der Waals surface area contributed by atoms with E-state index in [4.69, 9.17) is 4.74 Å². The number of nitrogens with zero attached hydrogens (tertiary/aromatic N) is 4. The highest BCUT2D eigenvalue weighted by molar-refractivity contribution is 5.80. The molecule has 4 rings (SSSR count). The fourth-order valence-electron chi connectivity index (χ4n) is 3.27. The highest BCUT2D eigenvalue weighted by Gasteiger charge is 2.44. The number of anilines is 3. The van der Waals surface area contributed by atoms with Gasteiger partial charge in [-0.15, -0.1) is 0 Å². The predicted molar refractivity (Wildman–Crippen MR) is 97.9 cm³/mol. The summed E-state index contributed by atoms with van der Waals surface area (Å²) in [5.41, 5.74) is -0.501. The Morgan fingerprint density at radius 1 is 1.38 bits per heavy atom. The lowest BCUT2D eigenvalue weighted by atomic mass is 10.0. The van der Waals surface area contributed by atoms with Crippen LogP contribution in [0, 0.1) is 0 Å². The van der Waals surface area contributed by atoms with E-state index >= 15 is 0 Å². The van der Waals surface area contributed by atoms with Gasteiger partial charge in [-0.25, -0.2) is 9.78 Å². The van der Waals surface area contributed by atoms with E-state index in [0.717, 1.165) is 24.7 Å². The van der Waals surface area contributed by atoms with Crippen LogP contribution in [0.5, 0.6) is 0 Å². The molecule has 8 nitrogen and oxygen atoms in total. The lowest BCUT2D eigenvalue weighted by Gasteiger charge is -2.19. The zero-order valence-electron chi connectivity index (χ0n) is 16.0. The molecule has 156 valence electrons. The van der Waals surface area contributed by atoms with Crippen LogP contribution in [-0.4, -0.2) is 38.9 Å². The number of nitrogens with one attached hydrogen (secondary N) is 2. The average Bonchev–Trinajstić information content (AvgIpc) is 3.32. The first-order valence-electron chi connectivity index (χ1n) is 9.45. The third-order valence-corrected chi connectivity index (χ3v) is 5.16. The number of carbonyl (C=O) groups is 1. The van der Waals surface area contributed by atoms with Crippen LogP contribution >= 0.6 is 0 Å². The van der Waals surface area contributed by atoms with Gasteiger partial charge in [-0.05, 0) is 26.7 Å². The molecule has 0 spiro atoms. The maximum Gasteiger partial charge on any atom is 0.421 e. The quantitative estimate of drug-likeness (QED) is 0.705. The maximum atomic E-state index is 13.2. The number of rotatable bonds is 6. The molecule has 2 aromatic heterocycles. The summed E-state index contributed by atoms with van der Waals surface area (Å²) < 4.78 is 46.2. The van der Waals surface area contributed by atoms with E-state index in [0.29, 0.717) is 18.7 Å². The first-order valence-corrected chi connectivity index (χ1v) is 9.45. The molecule has 2 N–H and O–H groups in total. The number of halogens is 3. The van der Waals surface area contributed by atoms with Gasteiger partial charge in [0.15, 0.2) is 5.54 Å². The predicted octanol–water partition coefficient (Wildman–Crippen LogP) is 3.41. The number of aromatic nitrogens is 4. The standard InChI is InChI=1S/C18H21F3N6O2/c1-3-22-14-11(18(19,20)21)8-23-16(25-14)24-12-9-27(26-13(12)10-4-5-10)17(2)6-7-29-15(17)28/h8-10H,3-7H2,1-2H3,(H2,22,23,24,25)/t17-/m1/s1. The van der Waals surface area contributed by atoms with Crippen LogP contribution < -0.4 is 10.6 Å². The van der Waals surface area contributed by atoms with Crippen molar-refractivity contribution in [2.45, 2.75) is 50.7 Å². The normalized spacial score (nSPS) is 21.9. The third kappa shape index (κ3) is 3.60. The summed E-state index contributed by atoms with van der Waals surface area (Å²) >= 11 is 0. The summed E-state index contributed by atoms with van der Waals surface area (Å²) in [4.78, 5) is 20.0. The molecule has 0 radical (unpaired) electrons. The minimum Gasteiger partial charge on any atom is -0.464 e. The average molecular weight is 410 g/mol. The van der Waals surface area contributed by atoms with Crippen LogP contribution in [0.25, 0.3) is 0 Å². The molecule has 1 atom stereocenters. The number of cyclic esters (lactones) is 1. The van der Waals surface area contributed by atoms with Gasteiger partial charge in [0.1, 0.15) is 11.4 Å². The summed E-state index contributed by atoms with van der Waals surface area (Å²) in [6.07, 6.45) is 0.293. The summed E-state index contributed by atoms with van der Waals surface area (Å²) in [7, 11) is 0. The molecule has 11 heteroatoms. The molecule has 1 aliphatic heterocycles. The van der Waals surface area contributed by atoms with E-state index in [1.807, 2.05) is 0 Å². The topological polar surface area (TPSA) is 94.0 Å². The molecule has 0 unspecified atom stereocenters. The van der Waals surface area contributed by atoms with Crippen molar-refractivity contribution >= 4 is 23.4 Å². The van der Waals surface area contributed by atoms with Crippen LogP contribution in [-0.2, 0) is 21.2 Å². The molecule has 29 heavy (non-hydrogen) atoms. The summed E-state index contributed by atoms with van der Waals surface area (Å²) in [5, 5.41) is 10.2. The van der Waals surface area contributed by atoms with Gasteiger partial charge in [0.05, 0.1) is 24.2 Å². The Kier molecular flexibility index (Phi) is 4.62. The Morgan fingerprint density at radius 3 is 2.72 bits per heavy atom. The van der Waals surface area contributed by atoms with Gasteiger partial charge in [0, 0.05) is 25.1 Å². The molecule has 0 amide bonds. The summed E-state index contributed by atoms with van der Waals surface area (Å²) in [6, 6.07) is 0. The van der Waals surface area contributed by atoms with Gasteiger partial charge < -0.3 is 15.4 Å². The van der Waals surface area contributed by atoms with Crippen LogP contribution in [0.3, 0.4) is 0 Å². The van der Waals surface area contributed by atoms with Crippen molar-refractivity contribution in [2.75, 3.05) is 23.8 Å². The third-order valence-electron chi connectivity index (χ3n) is 5.16. The van der Waals surface area contributed by atoms with Gasteiger partial charge >= 0.3 is 12.1 Å². The molecular formula is C18H21F3N6O2. The minimum atomic E-state index is -4.56. The second kappa shape index (κ2) is 6.89. The van der Waals surface area contributed by atoms with E-state index in [1.165, 1.54) is 0 Å². The second-order valence-electron chi connectivity index (χ2n) is 7.42. The monoisotopic (exact) mass is 410 g/mol. The lowest BCUT2D eigenvalue weighted by molar-refractivity contribution is -0.145. The fraction of sp³-hybridized carbons (Fsp3) is 0.556. The molecule has 1 saturated carbocycles. The van der Waals surface area contributed by atoms with Gasteiger partial charge in [-0.3, -0.25) is 4.68 Å². The SMILES string of the molecule is CCNc1nc(Nc2cn([C@]3(C)CCOC3=O)nc2C2CC2)ncc1C(F)(F)F. The molecule has 1 saturated heterocycles. The Labute approximate surface area is 164 Å². The van der Waals surface area contributed by atoms with Crippen LogP contribution in [0.4, 0.5) is 30.6 Å². The Hall–Kier alpha value is -2.85. The highest BCUT2D eigenvalue weighted by Crippen LogP contribution is 2.44. The summed E-state index contributed by atoms with van der Waals surface area (Å²) in [5.74, 6) is -0.379. The number of hydrogen-bond acceptors (Lipinski definition) is 7. The van der Waals surface area contributed by atoms with Crippen molar-refractivity contribution in [2.24, 2.45) is 0 Å². The van der Waals surface area contributed by atoms with Crippen molar-refractivity contribution in [3.63, 3.8) is 0 Å². The Bertz CT molecular complexity index is 940. The van der Waals surface area contributed by atoms with Crippen molar-refractivity contribution in [1.82, 2.24) is 19.7 Å². The zero-order valence-corrected chi connectivity index (χ0v) is 16.0. The van der Waals surface area contributed by atoms with Gasteiger partial charge in [-0.1, -0.05) is 0 Å². The lowest BCUT2D eigenvalue weighted by Crippen LogP contribution is -2.35. The van der Waals surface area contributed by atoms with Crippen molar-refractivity contribution in [3.8, 4) is 0 Å². The Morgan fingerprint density at radius 2 is 2.14 bits per heavy atom. The van der Waals surface area contributed by atoms with Gasteiger partial charge in [0.25, 0.3) is 0 Å². The first-order chi connectivity index (χ1) is 13.7. The summed E-state index contributed by atoms with van der Waals surface area (Å²) in [6.45, 7) is 4.05. The van der Waals surface area contributed by atoms with Crippen LogP contribution in [0.15, 0.2) is 12.4 Å². The number of hydrogen-bond donors (Lipinski definition) is 2. The van der Waals surface area contributed by atoms with Crippen molar-refractivity contribution in [3.05, 3.63) is 23.7 Å². The van der Waals surface area contributed by atoms with E-state index < -0.39 is 17.3 Å². The van der Waals surface area contributed by atoms with E-state index in [2.05, 4.69) is 25.7 Å². The molecule has 1 aliphatic carbocycles. The van der Waals surface area contributed by atoms with E-state index in [1.54, 1.807) is 24.7 Å². The molecule has 0 bridgehead atoms. The maximum absolute atomic E-state index is 13.2. The van der Waals surface area contributed by atoms with Crippen LogP contribution in [0.2, 0.25) is 0 Å². The Balaban J connectivity index is 1.67. The number of esters is 1. The number of alkyl halides is 3. The first kappa shape index (κ1) is 19.5. The van der Waals surface area contributed by atoms with Gasteiger partial charge in [0.2, 0.25) is 5.95 Å². The largest absolute Gasteiger partial charge is 0.464 e. The fourth-order valence-corrected chi connectivity index (χ4v) is 3.27. The highest BCUT2D eigenvalue weighted by atomic mass is 19.4. The second-order valence-corrected chi connectivity index (χ2v) is 7.42. The molecular weight excluding hydrogens is 389 g/mol. The number of ether oxygens (including phenoxy) is 1. The number of carbonyl (C=O) groups excluding carboxylic acids is 1. The van der Waals surface area contributed by atoms with Crippen molar-refractivity contribution < 1.29 is 22.7 Å². The van der Waals surface area contributed by atoms with Crippen LogP contribution in [0.1, 0.15) is 50.3 Å². The molecule has 2 fully saturated rings. The molecule has 3 heterocycles. The zero-order chi connectivity index (χ0) is 20.8. The molecule has 0 aromatic carbocycles. The van der Waals surface area contributed by atoms with E-state index in [-0.39, 0.29) is 30.2 Å². The van der Waals surface area contributed by atoms with Crippen molar-refractivity contribution in [1.29, 1.82) is 0 Å². The minimum absolute atomic E-state index is 0.0227. The smallest absolute Gasteiger partial charge is 0.421 e. The van der Waals surface area contributed by atoms with Gasteiger partial charge in [-0.2, -0.15) is 23.3 Å².